The predicted octanol–water partition coefficient (Wildman–Crippen LogP) is 2.06. The monoisotopic (exact) mass is 338 g/mol. The minimum Gasteiger partial charge on any atom is -0.395 e. The Balaban J connectivity index is 2.04. The van der Waals surface area contributed by atoms with Crippen LogP contribution in [0.5, 0.6) is 0 Å². The van der Waals surface area contributed by atoms with E-state index in [-0.39, 0.29) is 28.1 Å². The average molecular weight is 339 g/mol. The third-order valence-electron chi connectivity index (χ3n) is 2.85. The van der Waals surface area contributed by atoms with Crippen molar-refractivity contribution in [3.05, 3.63) is 45.4 Å². The number of hydrogen-bond acceptors (Lipinski definition) is 5. The van der Waals surface area contributed by atoms with Crippen LogP contribution in [0.4, 0.5) is 5.69 Å². The molecule has 0 aliphatic carbocycles. The number of amides is 2. The van der Waals surface area contributed by atoms with Crippen LogP contribution in [0.25, 0.3) is 0 Å². The van der Waals surface area contributed by atoms with Crippen LogP contribution in [0, 0.1) is 0 Å². The molecule has 2 aromatic rings. The van der Waals surface area contributed by atoms with Crippen molar-refractivity contribution in [2.75, 3.05) is 12.3 Å². The molecule has 1 aromatic carbocycles. The molecule has 0 spiro atoms. The van der Waals surface area contributed by atoms with E-state index in [1.807, 2.05) is 12.1 Å². The molecule has 0 saturated carbocycles. The second kappa shape index (κ2) is 7.24. The second-order valence-electron chi connectivity index (χ2n) is 4.44. The zero-order chi connectivity index (χ0) is 16.1. The summed E-state index contributed by atoms with van der Waals surface area (Å²) in [6, 6.07) is 7.13. The smallest absolute Gasteiger partial charge is 0.273 e. The van der Waals surface area contributed by atoms with Crippen molar-refractivity contribution in [1.82, 2.24) is 15.0 Å². The minimum absolute atomic E-state index is 0.0866. The summed E-state index contributed by atoms with van der Waals surface area (Å²) in [7, 11) is 0. The number of nitrogens with zero attached hydrogens (tertiary/aromatic N) is 1. The third kappa shape index (κ3) is 3.75. The molecule has 0 atom stereocenters. The fourth-order valence-corrected chi connectivity index (χ4v) is 2.57. The standard InChI is InChI=1S/C14H15ClN4O2S/c1-2-17-13(20)11-10(16)12(22-19-11)14(21)18-7-8-3-5-9(15)6-4-8/h3-6H,2,7,16H2,1H3,(H,17,20)(H,18,21). The molecule has 0 unspecified atom stereocenters. The molecule has 0 aliphatic heterocycles. The van der Waals surface area contributed by atoms with Gasteiger partial charge in [0.1, 0.15) is 4.88 Å². The maximum atomic E-state index is 12.1. The van der Waals surface area contributed by atoms with E-state index in [2.05, 4.69) is 15.0 Å². The molecule has 116 valence electrons. The highest BCUT2D eigenvalue weighted by Crippen LogP contribution is 2.21. The molecule has 1 heterocycles. The second-order valence-corrected chi connectivity index (χ2v) is 5.65. The Morgan fingerprint density at radius 1 is 1.23 bits per heavy atom. The number of aromatic nitrogens is 1. The predicted molar refractivity (Wildman–Crippen MR) is 87.2 cm³/mol. The van der Waals surface area contributed by atoms with Crippen LogP contribution >= 0.6 is 23.1 Å². The number of hydrogen-bond donors (Lipinski definition) is 3. The molecule has 2 amide bonds. The van der Waals surface area contributed by atoms with Crippen molar-refractivity contribution in [3.8, 4) is 0 Å². The Labute approximate surface area is 136 Å². The SMILES string of the molecule is CCNC(=O)c1nsc(C(=O)NCc2ccc(Cl)cc2)c1N. The van der Waals surface area contributed by atoms with Gasteiger partial charge in [0.25, 0.3) is 11.8 Å². The first kappa shape index (κ1) is 16.3. The lowest BCUT2D eigenvalue weighted by molar-refractivity contribution is 0.0950. The minimum atomic E-state index is -0.381. The summed E-state index contributed by atoms with van der Waals surface area (Å²) >= 11 is 6.71. The molecule has 0 fully saturated rings. The third-order valence-corrected chi connectivity index (χ3v) is 3.97. The highest BCUT2D eigenvalue weighted by atomic mass is 35.5. The molecule has 8 heteroatoms. The van der Waals surface area contributed by atoms with Gasteiger partial charge in [-0.25, -0.2) is 0 Å². The lowest BCUT2D eigenvalue weighted by Crippen LogP contribution is -2.25. The number of nitrogen functional groups attached to an aromatic ring is 1. The summed E-state index contributed by atoms with van der Waals surface area (Å²) in [5.41, 5.74) is 6.93. The summed E-state index contributed by atoms with van der Waals surface area (Å²) < 4.78 is 3.95. The molecular weight excluding hydrogens is 324 g/mol. The maximum Gasteiger partial charge on any atom is 0.273 e. The van der Waals surface area contributed by atoms with E-state index in [1.165, 1.54) is 0 Å². The lowest BCUT2D eigenvalue weighted by Gasteiger charge is -2.05. The van der Waals surface area contributed by atoms with Crippen LogP contribution in [-0.4, -0.2) is 22.7 Å². The number of carbonyl (C=O) groups excluding carboxylic acids is 2. The van der Waals surface area contributed by atoms with E-state index in [1.54, 1.807) is 19.1 Å². The van der Waals surface area contributed by atoms with Gasteiger partial charge in [0.2, 0.25) is 0 Å². The van der Waals surface area contributed by atoms with E-state index in [0.717, 1.165) is 17.1 Å². The van der Waals surface area contributed by atoms with E-state index in [4.69, 9.17) is 17.3 Å². The van der Waals surface area contributed by atoms with Crippen molar-refractivity contribution >= 4 is 40.6 Å². The summed E-state index contributed by atoms with van der Waals surface area (Å²) in [6.45, 7) is 2.60. The fourth-order valence-electron chi connectivity index (χ4n) is 1.73. The van der Waals surface area contributed by atoms with Crippen LogP contribution in [0.15, 0.2) is 24.3 Å². The van der Waals surface area contributed by atoms with E-state index in [0.29, 0.717) is 18.1 Å². The molecular formula is C14H15ClN4O2S. The summed E-state index contributed by atoms with van der Waals surface area (Å²) in [5, 5.41) is 5.97. The fraction of sp³-hybridized carbons (Fsp3) is 0.214. The molecule has 2 rings (SSSR count). The van der Waals surface area contributed by atoms with Crippen LogP contribution in [-0.2, 0) is 6.54 Å². The number of benzene rings is 1. The van der Waals surface area contributed by atoms with E-state index >= 15 is 0 Å². The van der Waals surface area contributed by atoms with E-state index < -0.39 is 0 Å². The van der Waals surface area contributed by atoms with Crippen LogP contribution in [0.3, 0.4) is 0 Å². The van der Waals surface area contributed by atoms with Crippen molar-refractivity contribution in [2.45, 2.75) is 13.5 Å². The molecule has 0 aliphatic rings. The number of rotatable bonds is 5. The number of nitrogens with one attached hydrogen (secondary N) is 2. The Morgan fingerprint density at radius 3 is 2.55 bits per heavy atom. The van der Waals surface area contributed by atoms with Gasteiger partial charge < -0.3 is 16.4 Å². The number of anilines is 1. The summed E-state index contributed by atoms with van der Waals surface area (Å²) in [5.74, 6) is -0.742. The highest BCUT2D eigenvalue weighted by molar-refractivity contribution is 7.09. The molecule has 0 radical (unpaired) electrons. The van der Waals surface area contributed by atoms with Gasteiger partial charge in [0.05, 0.1) is 5.69 Å². The first-order valence-corrected chi connectivity index (χ1v) is 7.74. The molecule has 4 N–H and O–H groups in total. The van der Waals surface area contributed by atoms with Crippen LogP contribution < -0.4 is 16.4 Å². The molecule has 22 heavy (non-hydrogen) atoms. The van der Waals surface area contributed by atoms with Gasteiger partial charge in [-0.2, -0.15) is 4.37 Å². The van der Waals surface area contributed by atoms with Gasteiger partial charge in [0.15, 0.2) is 5.69 Å². The lowest BCUT2D eigenvalue weighted by atomic mass is 10.2. The molecule has 1 aromatic heterocycles. The number of halogens is 1. The highest BCUT2D eigenvalue weighted by Gasteiger charge is 2.21. The van der Waals surface area contributed by atoms with Crippen molar-refractivity contribution in [3.63, 3.8) is 0 Å². The number of carbonyl (C=O) groups is 2. The topological polar surface area (TPSA) is 97.1 Å². The largest absolute Gasteiger partial charge is 0.395 e. The molecule has 6 nitrogen and oxygen atoms in total. The first-order valence-electron chi connectivity index (χ1n) is 6.59. The van der Waals surface area contributed by atoms with Crippen LogP contribution in [0.1, 0.15) is 32.6 Å². The van der Waals surface area contributed by atoms with Gasteiger partial charge in [-0.05, 0) is 36.2 Å². The Hall–Kier alpha value is -2.12. The normalized spacial score (nSPS) is 10.3. The first-order chi connectivity index (χ1) is 10.5. The van der Waals surface area contributed by atoms with Crippen molar-refractivity contribution < 1.29 is 9.59 Å². The number of nitrogens with two attached hydrogens (primary N) is 1. The zero-order valence-electron chi connectivity index (χ0n) is 11.9. The Bertz CT molecular complexity index is 685. The van der Waals surface area contributed by atoms with Gasteiger partial charge >= 0.3 is 0 Å². The molecule has 0 bridgehead atoms. The van der Waals surface area contributed by atoms with E-state index in [9.17, 15) is 9.59 Å². The van der Waals surface area contributed by atoms with Gasteiger partial charge in [-0.15, -0.1) is 0 Å². The summed E-state index contributed by atoms with van der Waals surface area (Å²) in [4.78, 5) is 24.1. The quantitative estimate of drug-likeness (QED) is 0.777. The van der Waals surface area contributed by atoms with Crippen LogP contribution in [0.2, 0.25) is 5.02 Å². The van der Waals surface area contributed by atoms with Gasteiger partial charge in [0, 0.05) is 18.1 Å². The maximum absolute atomic E-state index is 12.1. The summed E-state index contributed by atoms with van der Waals surface area (Å²) in [6.07, 6.45) is 0. The van der Waals surface area contributed by atoms with Crippen molar-refractivity contribution in [1.29, 1.82) is 0 Å². The van der Waals surface area contributed by atoms with Crippen molar-refractivity contribution in [2.24, 2.45) is 0 Å². The Morgan fingerprint density at radius 2 is 1.91 bits per heavy atom. The van der Waals surface area contributed by atoms with Gasteiger partial charge in [-0.1, -0.05) is 23.7 Å². The average Bonchev–Trinajstić information content (AvgIpc) is 2.88. The Kier molecular flexibility index (Phi) is 5.35. The molecule has 0 saturated heterocycles. The zero-order valence-corrected chi connectivity index (χ0v) is 13.4. The van der Waals surface area contributed by atoms with Gasteiger partial charge in [-0.3, -0.25) is 9.59 Å².